The highest BCUT2D eigenvalue weighted by Gasteiger charge is 2.28. The van der Waals surface area contributed by atoms with Crippen LogP contribution in [0.4, 0.5) is 0 Å². The first-order valence-corrected chi connectivity index (χ1v) is 10.9. The lowest BCUT2D eigenvalue weighted by Gasteiger charge is -2.32. The fourth-order valence-corrected chi connectivity index (χ4v) is 5.04. The van der Waals surface area contributed by atoms with Gasteiger partial charge in [0.2, 0.25) is 0 Å². The molecule has 1 fully saturated rings. The zero-order chi connectivity index (χ0) is 16.9. The number of thiophene rings is 1. The largest absolute Gasteiger partial charge is 0.296 e. The molecule has 7 heteroatoms. The molecule has 23 heavy (non-hydrogen) atoms. The molecule has 0 amide bonds. The second-order valence-electron chi connectivity index (χ2n) is 6.23. The van der Waals surface area contributed by atoms with Crippen LogP contribution in [0.3, 0.4) is 0 Å². The van der Waals surface area contributed by atoms with Gasteiger partial charge in [0.25, 0.3) is 10.2 Å². The van der Waals surface area contributed by atoms with E-state index in [-0.39, 0.29) is 6.04 Å². The number of hydrogen-bond acceptors (Lipinski definition) is 4. The highest BCUT2D eigenvalue weighted by Crippen LogP contribution is 2.23. The third-order valence-corrected chi connectivity index (χ3v) is 7.00. The zero-order valence-corrected chi connectivity index (χ0v) is 16.0. The van der Waals surface area contributed by atoms with Gasteiger partial charge in [-0.05, 0) is 54.2 Å². The number of rotatable bonds is 8. The van der Waals surface area contributed by atoms with Gasteiger partial charge in [-0.2, -0.15) is 24.1 Å². The Hall–Kier alpha value is -0.470. The monoisotopic (exact) mass is 359 g/mol. The summed E-state index contributed by atoms with van der Waals surface area (Å²) in [7, 11) is -3.38. The van der Waals surface area contributed by atoms with Gasteiger partial charge in [-0.3, -0.25) is 4.90 Å². The molecule has 0 radical (unpaired) electrons. The van der Waals surface area contributed by atoms with Crippen molar-refractivity contribution in [3.63, 3.8) is 0 Å². The fraction of sp³-hybridized carbons (Fsp3) is 0.750. The molecule has 0 unspecified atom stereocenters. The minimum atomic E-state index is -3.38. The van der Waals surface area contributed by atoms with Gasteiger partial charge in [0, 0.05) is 25.7 Å². The molecule has 1 aromatic rings. The first kappa shape index (κ1) is 18.9. The Morgan fingerprint density at radius 3 is 2.52 bits per heavy atom. The summed E-state index contributed by atoms with van der Waals surface area (Å²) in [6, 6.07) is 2.18. The molecule has 1 aliphatic heterocycles. The normalized spacial score (nSPS) is 19.3. The molecule has 5 nitrogen and oxygen atoms in total. The van der Waals surface area contributed by atoms with E-state index in [2.05, 4.69) is 41.8 Å². The summed E-state index contributed by atoms with van der Waals surface area (Å²) in [6.07, 6.45) is 1.90. The van der Waals surface area contributed by atoms with Crippen molar-refractivity contribution < 1.29 is 8.42 Å². The predicted molar refractivity (Wildman–Crippen MR) is 96.9 cm³/mol. The fourth-order valence-electron chi connectivity index (χ4n) is 3.09. The van der Waals surface area contributed by atoms with Crippen LogP contribution < -0.4 is 4.72 Å². The van der Waals surface area contributed by atoms with Crippen molar-refractivity contribution >= 4 is 21.5 Å². The smallest absolute Gasteiger partial charge is 0.279 e. The summed E-state index contributed by atoms with van der Waals surface area (Å²) in [6.45, 7) is 9.90. The Balaban J connectivity index is 2.02. The maximum absolute atomic E-state index is 12.6. The van der Waals surface area contributed by atoms with E-state index in [4.69, 9.17) is 0 Å². The molecular weight excluding hydrogens is 330 g/mol. The number of piperidine rings is 1. The Morgan fingerprint density at radius 1 is 1.35 bits per heavy atom. The number of nitrogens with one attached hydrogen (secondary N) is 1. The van der Waals surface area contributed by atoms with Crippen LogP contribution in [0.1, 0.15) is 45.2 Å². The maximum atomic E-state index is 12.6. The van der Waals surface area contributed by atoms with Crippen LogP contribution in [0.2, 0.25) is 0 Å². The Bertz CT molecular complexity index is 548. The summed E-state index contributed by atoms with van der Waals surface area (Å²) in [5, 5.41) is 4.16. The van der Waals surface area contributed by atoms with Crippen LogP contribution >= 0.6 is 11.3 Å². The molecule has 2 rings (SSSR count). The molecule has 1 atom stereocenters. The van der Waals surface area contributed by atoms with Gasteiger partial charge < -0.3 is 0 Å². The molecule has 1 aromatic heterocycles. The summed E-state index contributed by atoms with van der Waals surface area (Å²) in [5.41, 5.74) is 1.19. The Kier molecular flexibility index (Phi) is 7.03. The van der Waals surface area contributed by atoms with Gasteiger partial charge >= 0.3 is 0 Å². The Morgan fingerprint density at radius 2 is 2.00 bits per heavy atom. The quantitative estimate of drug-likeness (QED) is 0.776. The minimum Gasteiger partial charge on any atom is -0.296 e. The van der Waals surface area contributed by atoms with Gasteiger partial charge in [-0.1, -0.05) is 20.8 Å². The molecule has 2 heterocycles. The van der Waals surface area contributed by atoms with Crippen molar-refractivity contribution in [1.82, 2.24) is 13.9 Å². The second-order valence-corrected chi connectivity index (χ2v) is 8.76. The van der Waals surface area contributed by atoms with Crippen molar-refractivity contribution in [2.24, 2.45) is 5.92 Å². The Labute approximate surface area is 144 Å². The van der Waals surface area contributed by atoms with Gasteiger partial charge in [-0.25, -0.2) is 4.72 Å². The summed E-state index contributed by atoms with van der Waals surface area (Å²) in [4.78, 5) is 2.29. The summed E-state index contributed by atoms with van der Waals surface area (Å²) >= 11 is 1.65. The van der Waals surface area contributed by atoms with E-state index in [9.17, 15) is 8.42 Å². The van der Waals surface area contributed by atoms with Crippen LogP contribution in [0.25, 0.3) is 0 Å². The molecule has 1 aliphatic rings. The lowest BCUT2D eigenvalue weighted by atomic mass is 10.0. The topological polar surface area (TPSA) is 52.7 Å². The average Bonchev–Trinajstić information content (AvgIpc) is 3.06. The summed E-state index contributed by atoms with van der Waals surface area (Å²) < 4.78 is 29.6. The van der Waals surface area contributed by atoms with Crippen molar-refractivity contribution in [2.75, 3.05) is 32.7 Å². The third kappa shape index (κ3) is 5.00. The molecule has 1 saturated heterocycles. The molecule has 0 aliphatic carbocycles. The molecule has 0 spiro atoms. The number of hydrogen-bond donors (Lipinski definition) is 1. The minimum absolute atomic E-state index is 0.0924. The van der Waals surface area contributed by atoms with Crippen LogP contribution in [0, 0.1) is 5.92 Å². The highest BCUT2D eigenvalue weighted by molar-refractivity contribution is 7.87. The van der Waals surface area contributed by atoms with E-state index in [0.717, 1.165) is 25.9 Å². The van der Waals surface area contributed by atoms with Crippen molar-refractivity contribution in [3.05, 3.63) is 22.4 Å². The number of nitrogens with zero attached hydrogens (tertiary/aromatic N) is 2. The third-order valence-electron chi connectivity index (χ3n) is 4.72. The lowest BCUT2D eigenvalue weighted by Crippen LogP contribution is -2.47. The standard InChI is InChI=1S/C16H29N3O2S2/c1-4-18(5-2)16(15-8-11-22-13-15)12-17-23(20,21)19-9-6-14(3)7-10-19/h8,11,13-14,16-17H,4-7,9-10,12H2,1-3H3/t16-/m1/s1. The molecular formula is C16H29N3O2S2. The molecule has 0 saturated carbocycles. The van der Waals surface area contributed by atoms with E-state index in [1.807, 2.05) is 5.38 Å². The first-order chi connectivity index (χ1) is 11.0. The average molecular weight is 360 g/mol. The van der Waals surface area contributed by atoms with Crippen molar-refractivity contribution in [3.8, 4) is 0 Å². The summed E-state index contributed by atoms with van der Waals surface area (Å²) in [5.74, 6) is 0.621. The second kappa shape index (κ2) is 8.58. The van der Waals surface area contributed by atoms with Crippen LogP contribution in [-0.4, -0.2) is 50.3 Å². The van der Waals surface area contributed by atoms with E-state index in [1.54, 1.807) is 15.6 Å². The van der Waals surface area contributed by atoms with Gasteiger partial charge in [0.1, 0.15) is 0 Å². The highest BCUT2D eigenvalue weighted by atomic mass is 32.2. The van der Waals surface area contributed by atoms with Crippen molar-refractivity contribution in [1.29, 1.82) is 0 Å². The molecule has 0 aromatic carbocycles. The maximum Gasteiger partial charge on any atom is 0.279 e. The predicted octanol–water partition coefficient (Wildman–Crippen LogP) is 2.70. The zero-order valence-electron chi connectivity index (χ0n) is 14.4. The lowest BCUT2D eigenvalue weighted by molar-refractivity contribution is 0.218. The van der Waals surface area contributed by atoms with Gasteiger partial charge in [-0.15, -0.1) is 0 Å². The van der Waals surface area contributed by atoms with Crippen molar-refractivity contribution in [2.45, 2.75) is 39.7 Å². The molecule has 0 bridgehead atoms. The first-order valence-electron chi connectivity index (χ1n) is 8.48. The van der Waals surface area contributed by atoms with Crippen LogP contribution in [-0.2, 0) is 10.2 Å². The van der Waals surface area contributed by atoms with E-state index < -0.39 is 10.2 Å². The van der Waals surface area contributed by atoms with E-state index in [1.165, 1.54) is 5.56 Å². The van der Waals surface area contributed by atoms with Crippen LogP contribution in [0.5, 0.6) is 0 Å². The van der Waals surface area contributed by atoms with Crippen LogP contribution in [0.15, 0.2) is 16.8 Å². The van der Waals surface area contributed by atoms with E-state index in [0.29, 0.717) is 25.6 Å². The molecule has 1 N–H and O–H groups in total. The number of likely N-dealkylation sites (N-methyl/N-ethyl adjacent to an activating group) is 1. The van der Waals surface area contributed by atoms with Gasteiger partial charge in [0.15, 0.2) is 0 Å². The SMILES string of the molecule is CCN(CC)[C@H](CNS(=O)(=O)N1CCC(C)CC1)c1ccsc1. The molecule has 132 valence electrons. The van der Waals surface area contributed by atoms with Gasteiger partial charge in [0.05, 0.1) is 0 Å². The van der Waals surface area contributed by atoms with E-state index >= 15 is 0 Å².